The molecule has 6 nitrogen and oxygen atoms in total. The largest absolute Gasteiger partial charge is 0.497 e. The van der Waals surface area contributed by atoms with E-state index in [4.69, 9.17) is 16.3 Å². The van der Waals surface area contributed by atoms with Gasteiger partial charge >= 0.3 is 0 Å². The normalized spacial score (nSPS) is 15.9. The van der Waals surface area contributed by atoms with Crippen LogP contribution in [0.15, 0.2) is 53.6 Å². The SMILES string of the molecule is COc1cccc(C2=NN(C(=O)CN(C)C(C)=O)[C@H](c3ccccc3Cl)C2)c1. The summed E-state index contributed by atoms with van der Waals surface area (Å²) in [7, 11) is 3.20. The van der Waals surface area contributed by atoms with Crippen molar-refractivity contribution in [1.29, 1.82) is 0 Å². The molecule has 0 bridgehead atoms. The molecule has 2 aromatic rings. The highest BCUT2D eigenvalue weighted by Crippen LogP contribution is 2.36. The molecule has 7 heteroatoms. The average Bonchev–Trinajstić information content (AvgIpc) is 3.13. The molecule has 0 N–H and O–H groups in total. The molecule has 0 unspecified atom stereocenters. The first-order valence-corrected chi connectivity index (χ1v) is 9.28. The van der Waals surface area contributed by atoms with Crippen LogP contribution < -0.4 is 4.74 Å². The van der Waals surface area contributed by atoms with Crippen LogP contribution in [0.25, 0.3) is 0 Å². The molecule has 1 aliphatic heterocycles. The van der Waals surface area contributed by atoms with E-state index in [1.807, 2.05) is 42.5 Å². The minimum atomic E-state index is -0.331. The van der Waals surface area contributed by atoms with Gasteiger partial charge in [0, 0.05) is 31.0 Å². The van der Waals surface area contributed by atoms with Crippen molar-refractivity contribution in [1.82, 2.24) is 9.91 Å². The van der Waals surface area contributed by atoms with Crippen LogP contribution in [0, 0.1) is 0 Å². The lowest BCUT2D eigenvalue weighted by Gasteiger charge is -2.25. The topological polar surface area (TPSA) is 62.2 Å². The van der Waals surface area contributed by atoms with Crippen molar-refractivity contribution in [2.75, 3.05) is 20.7 Å². The Bertz CT molecular complexity index is 929. The van der Waals surface area contributed by atoms with Gasteiger partial charge in [-0.1, -0.05) is 41.9 Å². The maximum Gasteiger partial charge on any atom is 0.262 e. The second kappa shape index (κ2) is 8.44. The third-order valence-corrected chi connectivity index (χ3v) is 5.09. The van der Waals surface area contributed by atoms with Crippen molar-refractivity contribution in [2.24, 2.45) is 5.10 Å². The number of likely N-dealkylation sites (N-methyl/N-ethyl adjacent to an activating group) is 1. The molecule has 3 rings (SSSR count). The third kappa shape index (κ3) is 4.17. The van der Waals surface area contributed by atoms with E-state index in [-0.39, 0.29) is 24.4 Å². The predicted molar refractivity (Wildman–Crippen MR) is 108 cm³/mol. The Morgan fingerprint density at radius 1 is 1.25 bits per heavy atom. The highest BCUT2D eigenvalue weighted by atomic mass is 35.5. The summed E-state index contributed by atoms with van der Waals surface area (Å²) >= 11 is 6.40. The fourth-order valence-corrected chi connectivity index (χ4v) is 3.35. The number of rotatable bonds is 5. The second-order valence-electron chi connectivity index (χ2n) is 6.63. The fraction of sp³-hybridized carbons (Fsp3) is 0.286. The molecule has 1 heterocycles. The van der Waals surface area contributed by atoms with E-state index in [2.05, 4.69) is 5.10 Å². The number of ether oxygens (including phenoxy) is 1. The van der Waals surface area contributed by atoms with Crippen LogP contribution in [0.1, 0.15) is 30.5 Å². The van der Waals surface area contributed by atoms with Crippen molar-refractivity contribution >= 4 is 29.1 Å². The third-order valence-electron chi connectivity index (χ3n) is 4.74. The smallest absolute Gasteiger partial charge is 0.262 e. The molecule has 2 amide bonds. The maximum atomic E-state index is 12.9. The van der Waals surface area contributed by atoms with Gasteiger partial charge in [0.2, 0.25) is 5.91 Å². The van der Waals surface area contributed by atoms with Crippen molar-refractivity contribution < 1.29 is 14.3 Å². The van der Waals surface area contributed by atoms with Crippen molar-refractivity contribution in [2.45, 2.75) is 19.4 Å². The van der Waals surface area contributed by atoms with Crippen LogP contribution in [-0.4, -0.2) is 48.1 Å². The van der Waals surface area contributed by atoms with Crippen LogP contribution in [-0.2, 0) is 9.59 Å². The van der Waals surface area contributed by atoms with E-state index in [1.54, 1.807) is 20.2 Å². The molecule has 0 spiro atoms. The molecule has 0 saturated heterocycles. The summed E-state index contributed by atoms with van der Waals surface area (Å²) in [4.78, 5) is 25.8. The van der Waals surface area contributed by atoms with Gasteiger partial charge in [-0.05, 0) is 23.8 Å². The fourth-order valence-electron chi connectivity index (χ4n) is 3.09. The van der Waals surface area contributed by atoms with Crippen LogP contribution >= 0.6 is 11.6 Å². The monoisotopic (exact) mass is 399 g/mol. The molecule has 0 aliphatic carbocycles. The van der Waals surface area contributed by atoms with Gasteiger partial charge < -0.3 is 9.64 Å². The molecule has 146 valence electrons. The van der Waals surface area contributed by atoms with E-state index in [0.29, 0.717) is 11.4 Å². The number of hydrogen-bond acceptors (Lipinski definition) is 4. The zero-order valence-electron chi connectivity index (χ0n) is 16.1. The highest BCUT2D eigenvalue weighted by Gasteiger charge is 2.34. The first-order valence-electron chi connectivity index (χ1n) is 8.90. The lowest BCUT2D eigenvalue weighted by Crippen LogP contribution is -2.38. The second-order valence-corrected chi connectivity index (χ2v) is 7.04. The van der Waals surface area contributed by atoms with Gasteiger partial charge in [-0.15, -0.1) is 0 Å². The Balaban J connectivity index is 1.96. The summed E-state index contributed by atoms with van der Waals surface area (Å²) in [6.07, 6.45) is 0.520. The first-order chi connectivity index (χ1) is 13.4. The molecule has 0 radical (unpaired) electrons. The lowest BCUT2D eigenvalue weighted by atomic mass is 9.98. The summed E-state index contributed by atoms with van der Waals surface area (Å²) in [6.45, 7) is 1.37. The van der Waals surface area contributed by atoms with Gasteiger partial charge in [0.25, 0.3) is 5.91 Å². The summed E-state index contributed by atoms with van der Waals surface area (Å²) in [5.74, 6) is 0.273. The van der Waals surface area contributed by atoms with Crippen LogP contribution in [0.3, 0.4) is 0 Å². The number of benzene rings is 2. The number of halogens is 1. The number of carbonyl (C=O) groups is 2. The maximum absolute atomic E-state index is 12.9. The van der Waals surface area contributed by atoms with Crippen molar-refractivity contribution in [3.05, 3.63) is 64.7 Å². The zero-order valence-corrected chi connectivity index (χ0v) is 16.8. The van der Waals surface area contributed by atoms with Crippen molar-refractivity contribution in [3.63, 3.8) is 0 Å². The van der Waals surface area contributed by atoms with E-state index in [9.17, 15) is 9.59 Å². The molecule has 1 aliphatic rings. The van der Waals surface area contributed by atoms with Gasteiger partial charge in [-0.3, -0.25) is 9.59 Å². The number of carbonyl (C=O) groups excluding carboxylic acids is 2. The Morgan fingerprint density at radius 2 is 2.00 bits per heavy atom. The molecule has 28 heavy (non-hydrogen) atoms. The molecular formula is C21H22ClN3O3. The molecule has 1 atom stereocenters. The van der Waals surface area contributed by atoms with Crippen LogP contribution in [0.4, 0.5) is 0 Å². The Morgan fingerprint density at radius 3 is 2.68 bits per heavy atom. The quantitative estimate of drug-likeness (QED) is 0.773. The number of hydrazone groups is 1. The van der Waals surface area contributed by atoms with E-state index in [0.717, 1.165) is 22.6 Å². The van der Waals surface area contributed by atoms with Gasteiger partial charge in [0.05, 0.1) is 18.9 Å². The molecule has 0 saturated carbocycles. The van der Waals surface area contributed by atoms with Crippen LogP contribution in [0.5, 0.6) is 5.75 Å². The first kappa shape index (κ1) is 19.9. The summed E-state index contributed by atoms with van der Waals surface area (Å²) in [6, 6.07) is 14.7. The molecular weight excluding hydrogens is 378 g/mol. The minimum absolute atomic E-state index is 0.0504. The zero-order chi connectivity index (χ0) is 20.3. The lowest BCUT2D eigenvalue weighted by molar-refractivity contribution is -0.139. The Labute approximate surface area is 169 Å². The number of nitrogens with zero attached hydrogens (tertiary/aromatic N) is 3. The van der Waals surface area contributed by atoms with Gasteiger partial charge in [0.15, 0.2) is 0 Å². The molecule has 0 fully saturated rings. The van der Waals surface area contributed by atoms with Crippen molar-refractivity contribution in [3.8, 4) is 5.75 Å². The number of hydrogen-bond donors (Lipinski definition) is 0. The predicted octanol–water partition coefficient (Wildman–Crippen LogP) is 3.50. The summed E-state index contributed by atoms with van der Waals surface area (Å²) < 4.78 is 5.30. The van der Waals surface area contributed by atoms with E-state index < -0.39 is 0 Å². The van der Waals surface area contributed by atoms with Gasteiger partial charge in [-0.25, -0.2) is 5.01 Å². The Kier molecular flexibility index (Phi) is 5.99. The van der Waals surface area contributed by atoms with E-state index in [1.165, 1.54) is 16.8 Å². The standard InChI is InChI=1S/C21H22ClN3O3/c1-14(26)24(2)13-21(27)25-20(17-9-4-5-10-18(17)22)12-19(23-25)15-7-6-8-16(11-15)28-3/h4-11,20H,12-13H2,1-3H3/t20-/m0/s1. The summed E-state index contributed by atoms with van der Waals surface area (Å²) in [5, 5.41) is 6.61. The van der Waals surface area contributed by atoms with E-state index >= 15 is 0 Å². The minimum Gasteiger partial charge on any atom is -0.497 e. The average molecular weight is 400 g/mol. The van der Waals surface area contributed by atoms with Gasteiger partial charge in [0.1, 0.15) is 12.3 Å². The summed E-state index contributed by atoms with van der Waals surface area (Å²) in [5.41, 5.74) is 2.47. The van der Waals surface area contributed by atoms with Gasteiger partial charge in [-0.2, -0.15) is 5.10 Å². The molecule has 2 aromatic carbocycles. The van der Waals surface area contributed by atoms with Crippen LogP contribution in [0.2, 0.25) is 5.02 Å². The highest BCUT2D eigenvalue weighted by molar-refractivity contribution is 6.31. The number of amides is 2. The number of methoxy groups -OCH3 is 1. The Hall–Kier alpha value is -2.86. The molecule has 0 aromatic heterocycles.